The van der Waals surface area contributed by atoms with Gasteiger partial charge >= 0.3 is 12.1 Å². The fourth-order valence-corrected chi connectivity index (χ4v) is 5.12. The summed E-state index contributed by atoms with van der Waals surface area (Å²) in [6.45, 7) is 5.80. The minimum absolute atomic E-state index is 0.0791. The maximum absolute atomic E-state index is 13.2. The van der Waals surface area contributed by atoms with Crippen molar-refractivity contribution >= 4 is 28.4 Å². The van der Waals surface area contributed by atoms with Gasteiger partial charge in [0, 0.05) is 17.3 Å². The number of fused-ring (bicyclic) bond motifs is 1. The number of carboxylic acids is 1. The fraction of sp³-hybridized carbons (Fsp3) is 0.481. The molecule has 3 aromatic rings. The van der Waals surface area contributed by atoms with Crippen LogP contribution in [0, 0.1) is 16.7 Å². The van der Waals surface area contributed by atoms with Crippen LogP contribution in [0.5, 0.6) is 0 Å². The van der Waals surface area contributed by atoms with E-state index in [0.29, 0.717) is 18.1 Å². The SMILES string of the molecule is CC(C)(C)C1(C(=O)O)CCC(CC#N)(n2nc(Nc3ccc(C(C)(O)C(F)(F)F)cc3)c3c(=O)[nH]ccc32)CO1. The van der Waals surface area contributed by atoms with Gasteiger partial charge in [0.25, 0.3) is 5.56 Å². The van der Waals surface area contributed by atoms with E-state index in [1.165, 1.54) is 23.0 Å². The monoisotopic (exact) mass is 561 g/mol. The molecule has 0 aliphatic carbocycles. The number of H-pyrrole nitrogens is 1. The molecule has 1 aromatic carbocycles. The predicted molar refractivity (Wildman–Crippen MR) is 139 cm³/mol. The molecule has 40 heavy (non-hydrogen) atoms. The number of aliphatic hydroxyl groups is 1. The van der Waals surface area contributed by atoms with Crippen molar-refractivity contribution in [3.8, 4) is 6.07 Å². The van der Waals surface area contributed by atoms with Gasteiger partial charge in [-0.05, 0) is 43.5 Å². The fourth-order valence-electron chi connectivity index (χ4n) is 5.12. The first-order valence-electron chi connectivity index (χ1n) is 12.5. The lowest BCUT2D eigenvalue weighted by molar-refractivity contribution is -0.258. The summed E-state index contributed by atoms with van der Waals surface area (Å²) in [4.78, 5) is 27.7. The molecule has 1 saturated heterocycles. The number of nitrogens with zero attached hydrogens (tertiary/aromatic N) is 3. The van der Waals surface area contributed by atoms with Crippen molar-refractivity contribution in [1.29, 1.82) is 5.26 Å². The van der Waals surface area contributed by atoms with Gasteiger partial charge in [-0.3, -0.25) is 9.48 Å². The van der Waals surface area contributed by atoms with E-state index in [-0.39, 0.29) is 42.6 Å². The summed E-state index contributed by atoms with van der Waals surface area (Å²) in [7, 11) is 0. The Morgan fingerprint density at radius 3 is 2.35 bits per heavy atom. The van der Waals surface area contributed by atoms with Gasteiger partial charge in [0.1, 0.15) is 5.39 Å². The quantitative estimate of drug-likeness (QED) is 0.343. The molecule has 10 nitrogen and oxygen atoms in total. The number of rotatable bonds is 6. The molecule has 0 radical (unpaired) electrons. The number of aromatic nitrogens is 3. The minimum atomic E-state index is -4.88. The van der Waals surface area contributed by atoms with Crippen LogP contribution in [0.3, 0.4) is 0 Å². The van der Waals surface area contributed by atoms with Gasteiger partial charge in [-0.25, -0.2) is 4.79 Å². The topological polar surface area (TPSA) is 153 Å². The number of halogens is 3. The lowest BCUT2D eigenvalue weighted by Crippen LogP contribution is -2.59. The molecular formula is C27H30F3N5O5. The second-order valence-corrected chi connectivity index (χ2v) is 11.3. The number of benzene rings is 1. The number of nitrogens with one attached hydrogen (secondary N) is 2. The van der Waals surface area contributed by atoms with E-state index in [4.69, 9.17) is 4.74 Å². The zero-order chi connectivity index (χ0) is 29.7. The first-order chi connectivity index (χ1) is 18.5. The molecule has 13 heteroatoms. The molecule has 3 unspecified atom stereocenters. The lowest BCUT2D eigenvalue weighted by Gasteiger charge is -2.49. The highest BCUT2D eigenvalue weighted by Gasteiger charge is 2.56. The van der Waals surface area contributed by atoms with Gasteiger partial charge in [0.2, 0.25) is 0 Å². The van der Waals surface area contributed by atoms with Gasteiger partial charge in [-0.1, -0.05) is 32.9 Å². The van der Waals surface area contributed by atoms with Crippen molar-refractivity contribution in [2.45, 2.75) is 69.9 Å². The Labute approximate surface area is 227 Å². The van der Waals surface area contributed by atoms with Gasteiger partial charge in [0.15, 0.2) is 17.0 Å². The minimum Gasteiger partial charge on any atom is -0.479 e. The van der Waals surface area contributed by atoms with E-state index in [1.54, 1.807) is 26.8 Å². The van der Waals surface area contributed by atoms with Crippen LogP contribution in [0.2, 0.25) is 0 Å². The van der Waals surface area contributed by atoms with Crippen molar-refractivity contribution in [3.63, 3.8) is 0 Å². The van der Waals surface area contributed by atoms with Gasteiger partial charge in [-0.15, -0.1) is 0 Å². The lowest BCUT2D eigenvalue weighted by atomic mass is 9.69. The van der Waals surface area contributed by atoms with Crippen LogP contribution < -0.4 is 10.9 Å². The average Bonchev–Trinajstić information content (AvgIpc) is 3.23. The number of aromatic amines is 1. The highest BCUT2D eigenvalue weighted by Crippen LogP contribution is 2.47. The Morgan fingerprint density at radius 2 is 1.85 bits per heavy atom. The third kappa shape index (κ3) is 4.61. The number of carbonyl (C=O) groups is 1. The number of anilines is 2. The van der Waals surface area contributed by atoms with E-state index >= 15 is 0 Å². The number of alkyl halides is 3. The Kier molecular flexibility index (Phi) is 7.01. The molecule has 1 aliphatic heterocycles. The first kappa shape index (κ1) is 29.1. The van der Waals surface area contributed by atoms with Gasteiger partial charge in [0.05, 0.1) is 30.2 Å². The molecule has 0 spiro atoms. The molecule has 3 heterocycles. The summed E-state index contributed by atoms with van der Waals surface area (Å²) in [6.07, 6.45) is -3.25. The van der Waals surface area contributed by atoms with Crippen molar-refractivity contribution in [2.75, 3.05) is 11.9 Å². The second-order valence-electron chi connectivity index (χ2n) is 11.3. The number of nitriles is 1. The molecule has 214 valence electrons. The van der Waals surface area contributed by atoms with Crippen LogP contribution in [-0.2, 0) is 20.7 Å². The Bertz CT molecular complexity index is 1520. The standard InChI is InChI=1S/C27H30F3N5O5/c1-23(2,3)26(22(37)38)11-10-25(12-13-31,15-40-26)35-18-9-14-32-21(36)19(18)20(34-35)33-17-7-5-16(6-8-17)24(4,39)27(28,29)30/h5-9,14,39H,10-12,15H2,1-4H3,(H,32,36)(H,33,34)(H,37,38). The van der Waals surface area contributed by atoms with Crippen LogP contribution in [0.4, 0.5) is 24.7 Å². The smallest absolute Gasteiger partial charge is 0.421 e. The van der Waals surface area contributed by atoms with E-state index < -0.39 is 39.9 Å². The molecule has 3 atom stereocenters. The van der Waals surface area contributed by atoms with E-state index in [0.717, 1.165) is 12.1 Å². The molecule has 4 rings (SSSR count). The zero-order valence-corrected chi connectivity index (χ0v) is 22.4. The summed E-state index contributed by atoms with van der Waals surface area (Å²) in [5.41, 5.74) is -6.61. The summed E-state index contributed by atoms with van der Waals surface area (Å²) in [5, 5.41) is 37.4. The van der Waals surface area contributed by atoms with Crippen LogP contribution in [-0.4, -0.2) is 49.3 Å². The molecule has 0 saturated carbocycles. The number of ether oxygens (including phenoxy) is 1. The highest BCUT2D eigenvalue weighted by molar-refractivity contribution is 5.91. The maximum Gasteiger partial charge on any atom is 0.421 e. The van der Waals surface area contributed by atoms with Crippen LogP contribution in [0.25, 0.3) is 10.9 Å². The van der Waals surface area contributed by atoms with E-state index in [1.807, 2.05) is 0 Å². The van der Waals surface area contributed by atoms with Crippen molar-refractivity contribution in [1.82, 2.24) is 14.8 Å². The first-order valence-corrected chi connectivity index (χ1v) is 12.5. The number of aliphatic carboxylic acids is 1. The molecule has 0 amide bonds. The molecule has 4 N–H and O–H groups in total. The Hall–Kier alpha value is -3.89. The Balaban J connectivity index is 1.76. The van der Waals surface area contributed by atoms with E-state index in [2.05, 4.69) is 21.5 Å². The van der Waals surface area contributed by atoms with Crippen LogP contribution >= 0.6 is 0 Å². The number of carboxylic acid groups (broad SMARTS) is 1. The normalized spacial score (nSPS) is 23.4. The number of hydrogen-bond donors (Lipinski definition) is 4. The second kappa shape index (κ2) is 9.64. The maximum atomic E-state index is 13.2. The van der Waals surface area contributed by atoms with Crippen molar-refractivity contribution in [3.05, 3.63) is 52.4 Å². The predicted octanol–water partition coefficient (Wildman–Crippen LogP) is 4.53. The summed E-state index contributed by atoms with van der Waals surface area (Å²) in [6, 6.07) is 8.59. The average molecular weight is 562 g/mol. The molecule has 2 aromatic heterocycles. The van der Waals surface area contributed by atoms with Crippen LogP contribution in [0.1, 0.15) is 52.5 Å². The highest BCUT2D eigenvalue weighted by atomic mass is 19.4. The summed E-state index contributed by atoms with van der Waals surface area (Å²) >= 11 is 0. The number of hydrogen-bond acceptors (Lipinski definition) is 7. The van der Waals surface area contributed by atoms with E-state index in [9.17, 15) is 38.2 Å². The number of pyridine rings is 1. The third-order valence-electron chi connectivity index (χ3n) is 7.81. The third-order valence-corrected chi connectivity index (χ3v) is 7.81. The zero-order valence-electron chi connectivity index (χ0n) is 22.4. The van der Waals surface area contributed by atoms with Crippen molar-refractivity contribution in [2.24, 2.45) is 5.41 Å². The van der Waals surface area contributed by atoms with Crippen LogP contribution in [0.15, 0.2) is 41.3 Å². The van der Waals surface area contributed by atoms with Crippen molar-refractivity contribution < 1.29 is 32.9 Å². The largest absolute Gasteiger partial charge is 0.479 e. The molecule has 1 fully saturated rings. The molecular weight excluding hydrogens is 531 g/mol. The summed E-state index contributed by atoms with van der Waals surface area (Å²) < 4.78 is 47.3. The Morgan fingerprint density at radius 1 is 1.20 bits per heavy atom. The molecule has 0 bridgehead atoms. The molecule has 1 aliphatic rings. The van der Waals surface area contributed by atoms with Gasteiger partial charge in [-0.2, -0.15) is 23.5 Å². The van der Waals surface area contributed by atoms with Gasteiger partial charge < -0.3 is 25.3 Å². The summed E-state index contributed by atoms with van der Waals surface area (Å²) in [5.74, 6) is -1.03.